The molecule has 1 aliphatic rings. The average molecular weight is 970 g/mol. The number of aliphatic hydroxyl groups excluding tert-OH is 1. The number of aromatic nitrogens is 4. The van der Waals surface area contributed by atoms with Crippen molar-refractivity contribution in [3.63, 3.8) is 0 Å². The molecule has 1 saturated heterocycles. The number of nitrogens with zero attached hydrogens (tertiary/aromatic N) is 5. The van der Waals surface area contributed by atoms with Gasteiger partial charge in [-0.2, -0.15) is 0 Å². The number of rotatable bonds is 19. The van der Waals surface area contributed by atoms with Gasteiger partial charge in [-0.05, 0) is 84.9 Å². The zero-order valence-electron chi connectivity index (χ0n) is 41.0. The minimum absolute atomic E-state index is 0.0105. The predicted molar refractivity (Wildman–Crippen MR) is 263 cm³/mol. The van der Waals surface area contributed by atoms with Crippen LogP contribution in [0.15, 0.2) is 76.1 Å². The number of nitrogens with one attached hydrogen (secondary N) is 2. The van der Waals surface area contributed by atoms with Gasteiger partial charge in [-0.3, -0.25) is 14.4 Å². The second-order valence-corrected chi connectivity index (χ2v) is 22.5. The number of likely N-dealkylation sites (tertiary alicyclic amines) is 1. The molecular formula is C51H67N7O8S2. The number of β-amino-alcohol motifs (C(OH)–C–C–N with tert-alkyl or cyclic N) is 1. The van der Waals surface area contributed by atoms with Crippen molar-refractivity contribution < 1.29 is 37.4 Å². The van der Waals surface area contributed by atoms with Gasteiger partial charge in [0.25, 0.3) is 0 Å². The van der Waals surface area contributed by atoms with Crippen molar-refractivity contribution in [3.8, 4) is 27.6 Å². The Balaban J connectivity index is 0.945. The van der Waals surface area contributed by atoms with E-state index < -0.39 is 33.4 Å². The molecule has 3 amide bonds. The first kappa shape index (κ1) is 51.7. The minimum Gasteiger partial charge on any atom is -0.494 e. The summed E-state index contributed by atoms with van der Waals surface area (Å²) in [6, 6.07) is 16.6. The van der Waals surface area contributed by atoms with Crippen LogP contribution in [0.2, 0.25) is 0 Å². The van der Waals surface area contributed by atoms with Gasteiger partial charge >= 0.3 is 0 Å². The lowest BCUT2D eigenvalue weighted by Gasteiger charge is -2.35. The SMILES string of the molecule is COc1cc(OCCCCCCCC(=O)N[C@H](C(=O)N2C[C@H](O)C[C@H]2C(=O)NCc2ccc(-c3scnc3C)cc2)C(C)(C)C)c(C)cc1-n1nnc(S(=O)(=O)c2ccc(C(C)(C)C)cc2)c1C. The van der Waals surface area contributed by atoms with Gasteiger partial charge < -0.3 is 30.1 Å². The highest BCUT2D eigenvalue weighted by Crippen LogP contribution is 2.34. The molecule has 17 heteroatoms. The third-order valence-electron chi connectivity index (χ3n) is 12.4. The molecule has 3 heterocycles. The number of aryl methyl sites for hydroxylation is 2. The van der Waals surface area contributed by atoms with Gasteiger partial charge in [-0.1, -0.05) is 102 Å². The number of hydrogen-bond acceptors (Lipinski definition) is 12. The van der Waals surface area contributed by atoms with E-state index in [1.807, 2.05) is 82.6 Å². The first-order chi connectivity index (χ1) is 32.1. The van der Waals surface area contributed by atoms with Gasteiger partial charge in [0.1, 0.15) is 29.3 Å². The summed E-state index contributed by atoms with van der Waals surface area (Å²) < 4.78 is 40.6. The van der Waals surface area contributed by atoms with E-state index in [0.717, 1.165) is 58.5 Å². The van der Waals surface area contributed by atoms with Crippen LogP contribution in [0.25, 0.3) is 16.1 Å². The number of thiazole rings is 1. The molecule has 68 heavy (non-hydrogen) atoms. The number of ether oxygens (including phenoxy) is 2. The van der Waals surface area contributed by atoms with E-state index in [-0.39, 0.29) is 59.0 Å². The number of aliphatic hydroxyl groups is 1. The second kappa shape index (κ2) is 21.8. The molecule has 1 aliphatic heterocycles. The molecule has 0 radical (unpaired) electrons. The van der Waals surface area contributed by atoms with Crippen molar-refractivity contribution in [2.24, 2.45) is 5.41 Å². The highest BCUT2D eigenvalue weighted by atomic mass is 32.2. The summed E-state index contributed by atoms with van der Waals surface area (Å²) in [7, 11) is -2.40. The van der Waals surface area contributed by atoms with E-state index in [4.69, 9.17) is 9.47 Å². The molecule has 15 nitrogen and oxygen atoms in total. The van der Waals surface area contributed by atoms with Crippen LogP contribution in [0, 0.1) is 26.2 Å². The maximum atomic E-state index is 14.0. The van der Waals surface area contributed by atoms with Crippen LogP contribution in [0.1, 0.15) is 115 Å². The summed E-state index contributed by atoms with van der Waals surface area (Å²) in [5.74, 6) is 0.106. The zero-order valence-corrected chi connectivity index (χ0v) is 42.6. The molecule has 0 saturated carbocycles. The van der Waals surface area contributed by atoms with Crippen molar-refractivity contribution in [3.05, 3.63) is 94.3 Å². The van der Waals surface area contributed by atoms with Gasteiger partial charge in [0.05, 0.1) is 46.5 Å². The molecule has 2 aromatic heterocycles. The molecule has 366 valence electrons. The van der Waals surface area contributed by atoms with E-state index in [1.165, 1.54) is 16.7 Å². The van der Waals surface area contributed by atoms with Crippen molar-refractivity contribution in [1.29, 1.82) is 0 Å². The van der Waals surface area contributed by atoms with Crippen LogP contribution in [0.4, 0.5) is 0 Å². The van der Waals surface area contributed by atoms with Crippen molar-refractivity contribution in [1.82, 2.24) is 35.5 Å². The maximum Gasteiger partial charge on any atom is 0.246 e. The third kappa shape index (κ3) is 12.3. The van der Waals surface area contributed by atoms with Gasteiger partial charge in [-0.15, -0.1) is 16.4 Å². The van der Waals surface area contributed by atoms with Crippen molar-refractivity contribution in [2.75, 3.05) is 20.3 Å². The monoisotopic (exact) mass is 969 g/mol. The quantitative estimate of drug-likeness (QED) is 0.0679. The van der Waals surface area contributed by atoms with Crippen LogP contribution in [0.5, 0.6) is 11.5 Å². The lowest BCUT2D eigenvalue weighted by molar-refractivity contribution is -0.144. The number of carbonyl (C=O) groups is 3. The van der Waals surface area contributed by atoms with E-state index in [0.29, 0.717) is 35.9 Å². The molecule has 1 fully saturated rings. The molecule has 0 bridgehead atoms. The Kier molecular flexibility index (Phi) is 16.6. The van der Waals surface area contributed by atoms with E-state index in [1.54, 1.807) is 36.5 Å². The predicted octanol–water partition coefficient (Wildman–Crippen LogP) is 7.98. The first-order valence-corrected chi connectivity index (χ1v) is 25.6. The molecule has 0 unspecified atom stereocenters. The fraction of sp³-hybridized carbons (Fsp3) is 0.490. The topological polar surface area (TPSA) is 195 Å². The fourth-order valence-electron chi connectivity index (χ4n) is 8.29. The number of unbranched alkanes of at least 4 members (excludes halogenated alkanes) is 4. The van der Waals surface area contributed by atoms with Crippen LogP contribution in [-0.4, -0.2) is 94.6 Å². The number of benzene rings is 3. The summed E-state index contributed by atoms with van der Waals surface area (Å²) in [4.78, 5) is 47.7. The van der Waals surface area contributed by atoms with Gasteiger partial charge in [0, 0.05) is 32.0 Å². The lowest BCUT2D eigenvalue weighted by Crippen LogP contribution is -2.57. The van der Waals surface area contributed by atoms with E-state index in [9.17, 15) is 27.9 Å². The van der Waals surface area contributed by atoms with E-state index in [2.05, 4.69) is 46.7 Å². The summed E-state index contributed by atoms with van der Waals surface area (Å²) >= 11 is 1.58. The normalized spacial score (nSPS) is 15.8. The molecule has 6 rings (SSSR count). The number of amides is 3. The van der Waals surface area contributed by atoms with Gasteiger partial charge in [-0.25, -0.2) is 18.1 Å². The number of methoxy groups -OCH3 is 1. The Hall–Kier alpha value is -5.65. The molecule has 3 aromatic carbocycles. The van der Waals surface area contributed by atoms with Gasteiger partial charge in [0.15, 0.2) is 0 Å². The summed E-state index contributed by atoms with van der Waals surface area (Å²) in [5, 5.41) is 24.7. The van der Waals surface area contributed by atoms with E-state index >= 15 is 0 Å². The number of hydrogen-bond donors (Lipinski definition) is 3. The summed E-state index contributed by atoms with van der Waals surface area (Å²) in [5.41, 5.74) is 6.70. The highest BCUT2D eigenvalue weighted by molar-refractivity contribution is 7.91. The van der Waals surface area contributed by atoms with Gasteiger partial charge in [0.2, 0.25) is 32.6 Å². The average Bonchev–Trinajstić information content (AvgIpc) is 4.03. The molecule has 5 aromatic rings. The Bertz CT molecular complexity index is 2670. The summed E-state index contributed by atoms with van der Waals surface area (Å²) in [6.45, 7) is 18.1. The largest absolute Gasteiger partial charge is 0.494 e. The Morgan fingerprint density at radius 1 is 0.912 bits per heavy atom. The highest BCUT2D eigenvalue weighted by Gasteiger charge is 2.44. The fourth-order valence-corrected chi connectivity index (χ4v) is 10.4. The Labute approximate surface area is 405 Å². The minimum atomic E-state index is -3.93. The molecule has 3 N–H and O–H groups in total. The maximum absolute atomic E-state index is 14.0. The smallest absolute Gasteiger partial charge is 0.246 e. The van der Waals surface area contributed by atoms with Crippen LogP contribution < -0.4 is 20.1 Å². The zero-order chi connectivity index (χ0) is 49.6. The van der Waals surface area contributed by atoms with Crippen molar-refractivity contribution in [2.45, 2.75) is 147 Å². The Morgan fingerprint density at radius 2 is 1.59 bits per heavy atom. The second-order valence-electron chi connectivity index (χ2n) is 19.8. The van der Waals surface area contributed by atoms with Crippen molar-refractivity contribution >= 4 is 38.9 Å². The summed E-state index contributed by atoms with van der Waals surface area (Å²) in [6.07, 6.45) is 3.52. The van der Waals surface area contributed by atoms with Crippen LogP contribution >= 0.6 is 11.3 Å². The standard InChI is InChI=1S/C51H67N7O8S2/c1-32-26-40(58-34(3)48(55-56-58)68(63,64)39-23-21-37(22-24-39)50(4,5)6)43(65-10)28-42(32)66-25-15-13-11-12-14-16-44(60)54-46(51(7,8)9)49(62)57-30-38(59)27-41(57)47(61)52-29-35-17-19-36(20-18-35)45-33(2)53-31-67-45/h17-24,26,28,31,38,41,46,59H,11-16,25,27,29-30H2,1-10H3,(H,52,61)(H,54,60)/t38-,41+,46-/m1/s1. The molecule has 0 aliphatic carbocycles. The number of sulfone groups is 1. The van der Waals surface area contributed by atoms with Crippen LogP contribution in [-0.2, 0) is 36.2 Å². The molecular weight excluding hydrogens is 903 g/mol. The lowest BCUT2D eigenvalue weighted by atomic mass is 9.85. The molecule has 0 spiro atoms. The van der Waals surface area contributed by atoms with Crippen LogP contribution in [0.3, 0.4) is 0 Å². The Morgan fingerprint density at radius 3 is 2.22 bits per heavy atom. The molecule has 3 atom stereocenters. The third-order valence-corrected chi connectivity index (χ3v) is 15.1. The first-order valence-electron chi connectivity index (χ1n) is 23.2. The number of carbonyl (C=O) groups excluding carboxylic acids is 3.